The lowest BCUT2D eigenvalue weighted by atomic mass is 10.2. The molecule has 0 unspecified atom stereocenters. The Morgan fingerprint density at radius 1 is 1.41 bits per heavy atom. The summed E-state index contributed by atoms with van der Waals surface area (Å²) in [5.41, 5.74) is 5.39. The van der Waals surface area contributed by atoms with E-state index in [2.05, 4.69) is 15.4 Å². The number of anilines is 2. The Morgan fingerprint density at radius 2 is 2.15 bits per heavy atom. The molecule has 2 rings (SSSR count). The van der Waals surface area contributed by atoms with E-state index in [1.54, 1.807) is 6.92 Å². The van der Waals surface area contributed by atoms with E-state index < -0.39 is 24.5 Å². The zero-order valence-corrected chi connectivity index (χ0v) is 14.5. The van der Waals surface area contributed by atoms with E-state index in [-0.39, 0.29) is 30.5 Å². The van der Waals surface area contributed by atoms with Crippen LogP contribution in [0.3, 0.4) is 0 Å². The summed E-state index contributed by atoms with van der Waals surface area (Å²) in [6.07, 6.45) is 0. The Morgan fingerprint density at radius 3 is 2.74 bits per heavy atom. The van der Waals surface area contributed by atoms with Gasteiger partial charge in [0.2, 0.25) is 5.91 Å². The van der Waals surface area contributed by atoms with Gasteiger partial charge >= 0.3 is 6.61 Å². The number of nitrogens with two attached hydrogens (primary N) is 1. The molecule has 1 aromatic rings. The lowest BCUT2D eigenvalue weighted by Gasteiger charge is -2.27. The van der Waals surface area contributed by atoms with E-state index in [1.807, 2.05) is 0 Å². The summed E-state index contributed by atoms with van der Waals surface area (Å²) in [6, 6.07) is 2.63. The maximum Gasteiger partial charge on any atom is 0.387 e. The number of benzene rings is 1. The molecule has 1 fully saturated rings. The van der Waals surface area contributed by atoms with Crippen LogP contribution in [0.2, 0.25) is 0 Å². The van der Waals surface area contributed by atoms with Crippen molar-refractivity contribution in [2.24, 2.45) is 5.73 Å². The first kappa shape index (κ1) is 20.5. The number of nitrogens with one attached hydrogen (secondary N) is 2. The number of carbonyl (C=O) groups excluding carboxylic acids is 3. The fourth-order valence-corrected chi connectivity index (χ4v) is 2.50. The predicted octanol–water partition coefficient (Wildman–Crippen LogP) is 0.0531. The lowest BCUT2D eigenvalue weighted by molar-refractivity contribution is -0.128. The number of hydrogen-bond donors (Lipinski definition) is 3. The maximum atomic E-state index is 12.8. The third-order valence-corrected chi connectivity index (χ3v) is 3.69. The SMILES string of the molecule is CCN[C@H](C(N)=O)C(=O)Nc1ccc(N2CCOCC2=O)cc1OC(F)F. The van der Waals surface area contributed by atoms with Crippen LogP contribution < -0.4 is 26.0 Å². The second-order valence-electron chi connectivity index (χ2n) is 5.54. The van der Waals surface area contributed by atoms with Crippen molar-refractivity contribution < 1.29 is 32.6 Å². The van der Waals surface area contributed by atoms with E-state index >= 15 is 0 Å². The monoisotopic (exact) mass is 386 g/mol. The topological polar surface area (TPSA) is 123 Å². The number of halogens is 2. The van der Waals surface area contributed by atoms with Crippen molar-refractivity contribution in [3.63, 3.8) is 0 Å². The molecule has 0 bridgehead atoms. The molecule has 1 heterocycles. The molecule has 0 aromatic heterocycles. The highest BCUT2D eigenvalue weighted by molar-refractivity contribution is 6.10. The van der Waals surface area contributed by atoms with Crippen molar-refractivity contribution in [3.8, 4) is 5.75 Å². The van der Waals surface area contributed by atoms with Crippen LogP contribution >= 0.6 is 0 Å². The zero-order chi connectivity index (χ0) is 20.0. The molecule has 1 aliphatic rings. The Balaban J connectivity index is 2.28. The highest BCUT2D eigenvalue weighted by atomic mass is 19.3. The molecule has 1 aliphatic heterocycles. The van der Waals surface area contributed by atoms with Crippen LogP contribution in [0.4, 0.5) is 20.2 Å². The molecule has 9 nitrogen and oxygen atoms in total. The number of rotatable bonds is 8. The molecule has 3 amide bonds. The molecule has 1 aromatic carbocycles. The van der Waals surface area contributed by atoms with E-state index in [9.17, 15) is 23.2 Å². The molecule has 1 atom stereocenters. The van der Waals surface area contributed by atoms with Crippen LogP contribution in [0.25, 0.3) is 0 Å². The van der Waals surface area contributed by atoms with Crippen LogP contribution in [-0.4, -0.2) is 56.7 Å². The minimum Gasteiger partial charge on any atom is -0.433 e. The largest absolute Gasteiger partial charge is 0.433 e. The first-order chi connectivity index (χ1) is 12.8. The quantitative estimate of drug-likeness (QED) is 0.543. The number of nitrogens with zero attached hydrogens (tertiary/aromatic N) is 1. The third kappa shape index (κ3) is 5.34. The predicted molar refractivity (Wildman–Crippen MR) is 91.5 cm³/mol. The molecule has 148 valence electrons. The summed E-state index contributed by atoms with van der Waals surface area (Å²) >= 11 is 0. The van der Waals surface area contributed by atoms with Crippen LogP contribution in [0.5, 0.6) is 5.75 Å². The molecule has 1 saturated heterocycles. The molecule has 27 heavy (non-hydrogen) atoms. The Labute approximate surface area is 153 Å². The number of hydrogen-bond acceptors (Lipinski definition) is 6. The van der Waals surface area contributed by atoms with E-state index in [0.717, 1.165) is 0 Å². The van der Waals surface area contributed by atoms with Crippen molar-refractivity contribution >= 4 is 29.1 Å². The van der Waals surface area contributed by atoms with Gasteiger partial charge in [-0.2, -0.15) is 8.78 Å². The van der Waals surface area contributed by atoms with Crippen LogP contribution in [-0.2, 0) is 19.1 Å². The van der Waals surface area contributed by atoms with Gasteiger partial charge in [-0.05, 0) is 18.7 Å². The Bertz CT molecular complexity index is 716. The maximum absolute atomic E-state index is 12.8. The summed E-state index contributed by atoms with van der Waals surface area (Å²) in [5.74, 6) is -2.42. The van der Waals surface area contributed by atoms with E-state index in [1.165, 1.54) is 23.1 Å². The van der Waals surface area contributed by atoms with Gasteiger partial charge in [0.25, 0.3) is 11.8 Å². The minimum atomic E-state index is -3.16. The van der Waals surface area contributed by atoms with Gasteiger partial charge < -0.3 is 25.4 Å². The first-order valence-corrected chi connectivity index (χ1v) is 8.14. The molecule has 4 N–H and O–H groups in total. The first-order valence-electron chi connectivity index (χ1n) is 8.14. The average Bonchev–Trinajstić information content (AvgIpc) is 2.60. The molecule has 0 spiro atoms. The molecule has 0 radical (unpaired) electrons. The van der Waals surface area contributed by atoms with Crippen molar-refractivity contribution in [2.75, 3.05) is 36.5 Å². The van der Waals surface area contributed by atoms with E-state index in [4.69, 9.17) is 10.5 Å². The number of carbonyl (C=O) groups is 3. The smallest absolute Gasteiger partial charge is 0.387 e. The summed E-state index contributed by atoms with van der Waals surface area (Å²) in [6.45, 7) is -0.757. The summed E-state index contributed by atoms with van der Waals surface area (Å²) in [5, 5.41) is 4.92. The van der Waals surface area contributed by atoms with Gasteiger partial charge in [-0.25, -0.2) is 0 Å². The summed E-state index contributed by atoms with van der Waals surface area (Å²) in [7, 11) is 0. The van der Waals surface area contributed by atoms with Gasteiger partial charge in [-0.15, -0.1) is 0 Å². The minimum absolute atomic E-state index is 0.0890. The number of morpholine rings is 1. The standard InChI is InChI=1S/C16H20F2N4O5/c1-2-20-13(14(19)24)15(25)21-10-4-3-9(7-11(10)27-16(17)18)22-5-6-26-8-12(22)23/h3-4,7,13,16,20H,2,5-6,8H2,1H3,(H2,19,24)(H,21,25)/t13-/m1/s1. The summed E-state index contributed by atoms with van der Waals surface area (Å²) < 4.78 is 35.0. The molecule has 11 heteroatoms. The second-order valence-corrected chi connectivity index (χ2v) is 5.54. The number of amides is 3. The second kappa shape index (κ2) is 9.24. The van der Waals surface area contributed by atoms with Gasteiger partial charge in [-0.1, -0.05) is 6.92 Å². The number of alkyl halides is 2. The normalized spacial score (nSPS) is 15.6. The lowest BCUT2D eigenvalue weighted by Crippen LogP contribution is -2.49. The third-order valence-electron chi connectivity index (χ3n) is 3.69. The Hall–Kier alpha value is -2.79. The van der Waals surface area contributed by atoms with Gasteiger partial charge in [0, 0.05) is 18.3 Å². The molecular weight excluding hydrogens is 366 g/mol. The fraction of sp³-hybridized carbons (Fsp3) is 0.438. The highest BCUT2D eigenvalue weighted by Crippen LogP contribution is 2.32. The van der Waals surface area contributed by atoms with Crippen molar-refractivity contribution in [1.82, 2.24) is 5.32 Å². The van der Waals surface area contributed by atoms with E-state index in [0.29, 0.717) is 18.8 Å². The fourth-order valence-electron chi connectivity index (χ4n) is 2.50. The van der Waals surface area contributed by atoms with Crippen molar-refractivity contribution in [2.45, 2.75) is 19.6 Å². The summed E-state index contributed by atoms with van der Waals surface area (Å²) in [4.78, 5) is 36.9. The van der Waals surface area contributed by atoms with Crippen LogP contribution in [0.1, 0.15) is 6.92 Å². The van der Waals surface area contributed by atoms with Crippen LogP contribution in [0, 0.1) is 0 Å². The van der Waals surface area contributed by atoms with Crippen molar-refractivity contribution in [1.29, 1.82) is 0 Å². The van der Waals surface area contributed by atoms with Gasteiger partial charge in [-0.3, -0.25) is 19.7 Å². The van der Waals surface area contributed by atoms with Crippen LogP contribution in [0.15, 0.2) is 18.2 Å². The highest BCUT2D eigenvalue weighted by Gasteiger charge is 2.26. The van der Waals surface area contributed by atoms with Gasteiger partial charge in [0.15, 0.2) is 11.8 Å². The number of likely N-dealkylation sites (N-methyl/N-ethyl adjacent to an activating group) is 1. The zero-order valence-electron chi connectivity index (χ0n) is 14.5. The Kier molecular flexibility index (Phi) is 7.02. The number of primary amides is 1. The number of ether oxygens (including phenoxy) is 2. The molecule has 0 aliphatic carbocycles. The average molecular weight is 386 g/mol. The van der Waals surface area contributed by atoms with Crippen molar-refractivity contribution in [3.05, 3.63) is 18.2 Å². The molecule has 0 saturated carbocycles. The van der Waals surface area contributed by atoms with Gasteiger partial charge in [0.1, 0.15) is 6.61 Å². The van der Waals surface area contributed by atoms with Gasteiger partial charge in [0.05, 0.1) is 12.3 Å². The molecular formula is C16H20F2N4O5.